The molecule has 2 rings (SSSR count). The Morgan fingerprint density at radius 2 is 2.00 bits per heavy atom. The van der Waals surface area contributed by atoms with Crippen molar-refractivity contribution in [3.8, 4) is 0 Å². The smallest absolute Gasteiger partial charge is 0.123 e. The van der Waals surface area contributed by atoms with Crippen LogP contribution in [0.15, 0.2) is 24.3 Å². The summed E-state index contributed by atoms with van der Waals surface area (Å²) in [5.74, 6) is 0.534. The lowest BCUT2D eigenvalue weighted by Gasteiger charge is -2.32. The van der Waals surface area contributed by atoms with E-state index in [-0.39, 0.29) is 5.82 Å². The van der Waals surface area contributed by atoms with Crippen molar-refractivity contribution in [1.29, 1.82) is 0 Å². The summed E-state index contributed by atoms with van der Waals surface area (Å²) in [7, 11) is 0. The third kappa shape index (κ3) is 3.80. The number of hydrogen-bond acceptors (Lipinski definition) is 2. The molecule has 0 aliphatic carbocycles. The van der Waals surface area contributed by atoms with E-state index in [1.54, 1.807) is 12.1 Å². The average Bonchev–Trinajstić information content (AvgIpc) is 2.72. The van der Waals surface area contributed by atoms with Gasteiger partial charge in [-0.2, -0.15) is 0 Å². The first-order valence-corrected chi connectivity index (χ1v) is 7.84. The Bertz CT molecular complexity index is 404. The zero-order valence-electron chi connectivity index (χ0n) is 12.9. The van der Waals surface area contributed by atoms with Gasteiger partial charge in [0.2, 0.25) is 0 Å². The SMILES string of the molecule is CCC(C)C1CN(C(C)c2ccc(F)cc2)CCCN1. The predicted octanol–water partition coefficient (Wildman–Crippen LogP) is 3.60. The van der Waals surface area contributed by atoms with Crippen LogP contribution in [0.25, 0.3) is 0 Å². The van der Waals surface area contributed by atoms with E-state index >= 15 is 0 Å². The lowest BCUT2D eigenvalue weighted by Crippen LogP contribution is -2.42. The van der Waals surface area contributed by atoms with Gasteiger partial charge in [0, 0.05) is 25.2 Å². The molecule has 1 fully saturated rings. The maximum absolute atomic E-state index is 13.0. The van der Waals surface area contributed by atoms with Gasteiger partial charge < -0.3 is 5.32 Å². The summed E-state index contributed by atoms with van der Waals surface area (Å²) in [5, 5.41) is 3.68. The highest BCUT2D eigenvalue weighted by atomic mass is 19.1. The monoisotopic (exact) mass is 278 g/mol. The molecule has 3 heteroatoms. The Morgan fingerprint density at radius 1 is 1.30 bits per heavy atom. The van der Waals surface area contributed by atoms with Crippen molar-refractivity contribution in [3.05, 3.63) is 35.6 Å². The van der Waals surface area contributed by atoms with Gasteiger partial charge in [0.05, 0.1) is 0 Å². The molecule has 0 amide bonds. The fraction of sp³-hybridized carbons (Fsp3) is 0.647. The quantitative estimate of drug-likeness (QED) is 0.905. The average molecular weight is 278 g/mol. The summed E-state index contributed by atoms with van der Waals surface area (Å²) >= 11 is 0. The van der Waals surface area contributed by atoms with Crippen molar-refractivity contribution in [3.63, 3.8) is 0 Å². The molecule has 1 aliphatic rings. The molecule has 1 aromatic carbocycles. The van der Waals surface area contributed by atoms with Gasteiger partial charge >= 0.3 is 0 Å². The Kier molecular flexibility index (Phi) is 5.55. The first-order valence-electron chi connectivity index (χ1n) is 7.84. The van der Waals surface area contributed by atoms with Crippen molar-refractivity contribution in [2.24, 2.45) is 5.92 Å². The van der Waals surface area contributed by atoms with Crippen LogP contribution in [0.4, 0.5) is 4.39 Å². The van der Waals surface area contributed by atoms with Crippen LogP contribution in [0.5, 0.6) is 0 Å². The Morgan fingerprint density at radius 3 is 2.65 bits per heavy atom. The maximum Gasteiger partial charge on any atom is 0.123 e. The van der Waals surface area contributed by atoms with Gasteiger partial charge in [-0.25, -0.2) is 4.39 Å². The summed E-state index contributed by atoms with van der Waals surface area (Å²) < 4.78 is 13.0. The zero-order valence-corrected chi connectivity index (χ0v) is 12.9. The number of hydrogen-bond donors (Lipinski definition) is 1. The first kappa shape index (κ1) is 15.5. The van der Waals surface area contributed by atoms with Gasteiger partial charge in [-0.1, -0.05) is 32.4 Å². The molecule has 1 saturated heterocycles. The van der Waals surface area contributed by atoms with Crippen LogP contribution in [-0.2, 0) is 0 Å². The fourth-order valence-corrected chi connectivity index (χ4v) is 2.95. The highest BCUT2D eigenvalue weighted by molar-refractivity contribution is 5.19. The largest absolute Gasteiger partial charge is 0.312 e. The van der Waals surface area contributed by atoms with E-state index in [4.69, 9.17) is 0 Å². The van der Waals surface area contributed by atoms with Crippen molar-refractivity contribution in [2.45, 2.75) is 45.7 Å². The highest BCUT2D eigenvalue weighted by Crippen LogP contribution is 2.23. The molecular weight excluding hydrogens is 251 g/mol. The van der Waals surface area contributed by atoms with Crippen LogP contribution in [0.2, 0.25) is 0 Å². The number of halogens is 1. The van der Waals surface area contributed by atoms with Gasteiger partial charge in [-0.05, 0) is 43.5 Å². The standard InChI is InChI=1S/C17H27FN2/c1-4-13(2)17-12-20(11-5-10-19-17)14(3)15-6-8-16(18)9-7-15/h6-9,13-14,17,19H,4-5,10-12H2,1-3H3. The number of benzene rings is 1. The third-order valence-corrected chi connectivity index (χ3v) is 4.69. The Hall–Kier alpha value is -0.930. The van der Waals surface area contributed by atoms with Gasteiger partial charge in [-0.15, -0.1) is 0 Å². The minimum absolute atomic E-state index is 0.157. The van der Waals surface area contributed by atoms with E-state index in [0.717, 1.165) is 19.6 Å². The van der Waals surface area contributed by atoms with Gasteiger partial charge in [0.1, 0.15) is 5.82 Å². The van der Waals surface area contributed by atoms with Gasteiger partial charge in [0.25, 0.3) is 0 Å². The molecule has 0 radical (unpaired) electrons. The number of nitrogens with zero attached hydrogens (tertiary/aromatic N) is 1. The molecule has 2 nitrogen and oxygen atoms in total. The molecule has 0 saturated carbocycles. The fourth-order valence-electron chi connectivity index (χ4n) is 2.95. The molecule has 1 aliphatic heterocycles. The molecule has 1 N–H and O–H groups in total. The van der Waals surface area contributed by atoms with Gasteiger partial charge in [-0.3, -0.25) is 4.90 Å². The molecule has 3 unspecified atom stereocenters. The molecule has 1 heterocycles. The van der Waals surface area contributed by atoms with Gasteiger partial charge in [0.15, 0.2) is 0 Å². The van der Waals surface area contributed by atoms with Crippen LogP contribution in [0, 0.1) is 11.7 Å². The topological polar surface area (TPSA) is 15.3 Å². The molecule has 3 atom stereocenters. The lowest BCUT2D eigenvalue weighted by atomic mass is 9.98. The van der Waals surface area contributed by atoms with E-state index in [1.165, 1.54) is 18.4 Å². The van der Waals surface area contributed by atoms with Crippen LogP contribution >= 0.6 is 0 Å². The van der Waals surface area contributed by atoms with Crippen molar-refractivity contribution in [2.75, 3.05) is 19.6 Å². The summed E-state index contributed by atoms with van der Waals surface area (Å²) in [6, 6.07) is 7.86. The maximum atomic E-state index is 13.0. The number of nitrogens with one attached hydrogen (secondary N) is 1. The van der Waals surface area contributed by atoms with E-state index in [1.807, 2.05) is 12.1 Å². The summed E-state index contributed by atoms with van der Waals surface area (Å²) in [6.45, 7) is 10.1. The van der Waals surface area contributed by atoms with E-state index in [9.17, 15) is 4.39 Å². The predicted molar refractivity (Wildman–Crippen MR) is 82.3 cm³/mol. The van der Waals surface area contributed by atoms with Crippen molar-refractivity contribution < 1.29 is 4.39 Å². The normalized spacial score (nSPS) is 24.1. The Balaban J connectivity index is 2.07. The van der Waals surface area contributed by atoms with E-state index < -0.39 is 0 Å². The van der Waals surface area contributed by atoms with Crippen molar-refractivity contribution >= 4 is 0 Å². The second-order valence-electron chi connectivity index (χ2n) is 6.02. The molecule has 112 valence electrons. The van der Waals surface area contributed by atoms with E-state index in [2.05, 4.69) is 31.0 Å². The molecule has 0 aromatic heterocycles. The summed E-state index contributed by atoms with van der Waals surface area (Å²) in [5.41, 5.74) is 1.20. The lowest BCUT2D eigenvalue weighted by molar-refractivity contribution is 0.188. The molecule has 1 aromatic rings. The van der Waals surface area contributed by atoms with Crippen LogP contribution in [-0.4, -0.2) is 30.6 Å². The van der Waals surface area contributed by atoms with E-state index in [0.29, 0.717) is 18.0 Å². The zero-order chi connectivity index (χ0) is 14.5. The van der Waals surface area contributed by atoms with Crippen LogP contribution < -0.4 is 5.32 Å². The Labute approximate surface area is 122 Å². The molecule has 0 spiro atoms. The minimum Gasteiger partial charge on any atom is -0.312 e. The first-order chi connectivity index (χ1) is 9.61. The second-order valence-corrected chi connectivity index (χ2v) is 6.02. The third-order valence-electron chi connectivity index (χ3n) is 4.69. The summed E-state index contributed by atoms with van der Waals surface area (Å²) in [4.78, 5) is 2.53. The number of rotatable bonds is 4. The molecule has 0 bridgehead atoms. The molecule has 20 heavy (non-hydrogen) atoms. The second kappa shape index (κ2) is 7.19. The molecular formula is C17H27FN2. The summed E-state index contributed by atoms with van der Waals surface area (Å²) in [6.07, 6.45) is 2.38. The van der Waals surface area contributed by atoms with Crippen LogP contribution in [0.3, 0.4) is 0 Å². The van der Waals surface area contributed by atoms with Crippen molar-refractivity contribution in [1.82, 2.24) is 10.2 Å². The highest BCUT2D eigenvalue weighted by Gasteiger charge is 2.25. The minimum atomic E-state index is -0.157. The van der Waals surface area contributed by atoms with Crippen LogP contribution in [0.1, 0.15) is 45.2 Å².